The van der Waals surface area contributed by atoms with Gasteiger partial charge in [-0.25, -0.2) is 8.42 Å². The summed E-state index contributed by atoms with van der Waals surface area (Å²) in [4.78, 5) is 0.246. The van der Waals surface area contributed by atoms with Gasteiger partial charge in [0.25, 0.3) is 10.0 Å². The van der Waals surface area contributed by atoms with Crippen molar-refractivity contribution >= 4 is 26.0 Å². The van der Waals surface area contributed by atoms with Gasteiger partial charge in [-0.3, -0.25) is 4.72 Å². The van der Waals surface area contributed by atoms with Crippen molar-refractivity contribution in [3.8, 4) is 0 Å². The molecule has 3 nitrogen and oxygen atoms in total. The van der Waals surface area contributed by atoms with Gasteiger partial charge in [0.1, 0.15) is 0 Å². The van der Waals surface area contributed by atoms with E-state index in [1.54, 1.807) is 24.3 Å². The molecule has 1 rings (SSSR count). The molecule has 15 heavy (non-hydrogen) atoms. The summed E-state index contributed by atoms with van der Waals surface area (Å²) in [6.45, 7) is 5.47. The molecule has 5 heteroatoms. The van der Waals surface area contributed by atoms with Crippen LogP contribution in [0.15, 0.2) is 41.4 Å². The maximum absolute atomic E-state index is 11.7. The van der Waals surface area contributed by atoms with E-state index in [0.29, 0.717) is 11.0 Å². The minimum absolute atomic E-state index is 0.246. The van der Waals surface area contributed by atoms with E-state index in [4.69, 9.17) is 0 Å². The molecule has 0 radical (unpaired) electrons. The first-order chi connectivity index (χ1) is 6.95. The van der Waals surface area contributed by atoms with Gasteiger partial charge >= 0.3 is 0 Å². The number of benzene rings is 1. The largest absolute Gasteiger partial charge is 0.283 e. The Labute approximate surface area is 98.4 Å². The minimum Gasteiger partial charge on any atom is -0.283 e. The third-order valence-corrected chi connectivity index (χ3v) is 3.90. The molecule has 0 saturated carbocycles. The van der Waals surface area contributed by atoms with Crippen molar-refractivity contribution in [1.82, 2.24) is 4.72 Å². The van der Waals surface area contributed by atoms with Crippen molar-refractivity contribution in [1.29, 1.82) is 0 Å². The molecule has 0 aliphatic rings. The number of alkyl halides is 1. The van der Waals surface area contributed by atoms with Crippen molar-refractivity contribution in [2.45, 2.75) is 11.8 Å². The molecule has 1 N–H and O–H groups in total. The van der Waals surface area contributed by atoms with Gasteiger partial charge < -0.3 is 0 Å². The molecule has 0 unspecified atom stereocenters. The van der Waals surface area contributed by atoms with Gasteiger partial charge in [-0.15, -0.1) is 0 Å². The second-order valence-electron chi connectivity index (χ2n) is 3.16. The van der Waals surface area contributed by atoms with Crippen LogP contribution < -0.4 is 4.72 Å². The van der Waals surface area contributed by atoms with Gasteiger partial charge in [-0.2, -0.15) is 0 Å². The zero-order valence-corrected chi connectivity index (χ0v) is 10.7. The third-order valence-electron chi connectivity index (χ3n) is 1.77. The molecule has 0 fully saturated rings. The zero-order chi connectivity index (χ0) is 11.5. The van der Waals surface area contributed by atoms with Crippen molar-refractivity contribution in [3.63, 3.8) is 0 Å². The summed E-state index contributed by atoms with van der Waals surface area (Å²) in [6.07, 6.45) is 0. The summed E-state index contributed by atoms with van der Waals surface area (Å²) in [5, 5.41) is 0.401. The highest BCUT2D eigenvalue weighted by molar-refractivity contribution is 9.09. The maximum atomic E-state index is 11.7. The molecule has 0 bridgehead atoms. The Hall–Kier alpha value is -0.810. The molecule has 82 valence electrons. The van der Waals surface area contributed by atoms with E-state index in [0.717, 1.165) is 5.56 Å². The Bertz CT molecular complexity index is 451. The number of aryl methyl sites for hydroxylation is 1. The van der Waals surface area contributed by atoms with Crippen LogP contribution in [0.2, 0.25) is 0 Å². The van der Waals surface area contributed by atoms with Gasteiger partial charge in [-0.05, 0) is 19.1 Å². The normalized spacial score (nSPS) is 11.1. The number of nitrogens with one attached hydrogen (secondary N) is 1. The number of sulfonamides is 1. The van der Waals surface area contributed by atoms with Crippen molar-refractivity contribution in [2.24, 2.45) is 0 Å². The molecule has 0 aromatic heterocycles. The van der Waals surface area contributed by atoms with Crippen LogP contribution in [0, 0.1) is 6.92 Å². The van der Waals surface area contributed by atoms with Crippen LogP contribution in [-0.2, 0) is 10.0 Å². The van der Waals surface area contributed by atoms with Crippen molar-refractivity contribution in [2.75, 3.05) is 5.33 Å². The Kier molecular flexibility index (Phi) is 3.93. The lowest BCUT2D eigenvalue weighted by Gasteiger charge is -2.08. The summed E-state index contributed by atoms with van der Waals surface area (Å²) in [5.74, 6) is 0. The lowest BCUT2D eigenvalue weighted by molar-refractivity contribution is 0.589. The highest BCUT2D eigenvalue weighted by atomic mass is 79.9. The van der Waals surface area contributed by atoms with Crippen molar-refractivity contribution in [3.05, 3.63) is 42.1 Å². The second kappa shape index (κ2) is 4.81. The topological polar surface area (TPSA) is 46.2 Å². The second-order valence-corrected chi connectivity index (χ2v) is 5.40. The van der Waals surface area contributed by atoms with Crippen LogP contribution in [-0.4, -0.2) is 13.7 Å². The first-order valence-electron chi connectivity index (χ1n) is 4.29. The molecule has 1 aromatic rings. The summed E-state index contributed by atoms with van der Waals surface area (Å²) in [6, 6.07) is 6.65. The van der Waals surface area contributed by atoms with Crippen LogP contribution >= 0.6 is 15.9 Å². The SMILES string of the molecule is C=C(CBr)NS(=O)(=O)c1ccc(C)cc1. The van der Waals surface area contributed by atoms with Crippen molar-refractivity contribution < 1.29 is 8.42 Å². The Balaban J connectivity index is 2.96. The van der Waals surface area contributed by atoms with Crippen LogP contribution in [0.1, 0.15) is 5.56 Å². The van der Waals surface area contributed by atoms with Crippen LogP contribution in [0.25, 0.3) is 0 Å². The molecule has 0 amide bonds. The van der Waals surface area contributed by atoms with Crippen LogP contribution in [0.3, 0.4) is 0 Å². The van der Waals surface area contributed by atoms with Gasteiger partial charge in [0, 0.05) is 11.0 Å². The zero-order valence-electron chi connectivity index (χ0n) is 8.33. The van der Waals surface area contributed by atoms with Gasteiger partial charge in [0.05, 0.1) is 4.90 Å². The Morgan fingerprint density at radius 1 is 1.40 bits per heavy atom. The minimum atomic E-state index is -3.47. The first-order valence-corrected chi connectivity index (χ1v) is 6.89. The predicted octanol–water partition coefficient (Wildman–Crippen LogP) is 2.18. The number of rotatable bonds is 4. The highest BCUT2D eigenvalue weighted by Crippen LogP contribution is 2.11. The lowest BCUT2D eigenvalue weighted by atomic mass is 10.2. The van der Waals surface area contributed by atoms with E-state index in [2.05, 4.69) is 27.2 Å². The molecular weight excluding hydrogens is 278 g/mol. The number of hydrogen-bond acceptors (Lipinski definition) is 2. The molecule has 1 aromatic carbocycles. The Morgan fingerprint density at radius 2 is 1.93 bits per heavy atom. The first kappa shape index (κ1) is 12.3. The summed E-state index contributed by atoms with van der Waals surface area (Å²) in [5.41, 5.74) is 1.43. The third kappa shape index (κ3) is 3.35. The molecular formula is C10H12BrNO2S. The highest BCUT2D eigenvalue weighted by Gasteiger charge is 2.13. The quantitative estimate of drug-likeness (QED) is 0.864. The molecule has 0 saturated heterocycles. The maximum Gasteiger partial charge on any atom is 0.261 e. The molecule has 0 heterocycles. The number of allylic oxidation sites excluding steroid dienone is 1. The number of halogens is 1. The Morgan fingerprint density at radius 3 is 2.40 bits per heavy atom. The summed E-state index contributed by atoms with van der Waals surface area (Å²) >= 11 is 3.13. The van der Waals surface area contributed by atoms with E-state index in [9.17, 15) is 8.42 Å². The molecule has 0 aliphatic heterocycles. The van der Waals surface area contributed by atoms with E-state index in [1.165, 1.54) is 0 Å². The van der Waals surface area contributed by atoms with Gasteiger partial charge in [-0.1, -0.05) is 40.2 Å². The van der Waals surface area contributed by atoms with E-state index in [-0.39, 0.29) is 4.90 Å². The van der Waals surface area contributed by atoms with E-state index >= 15 is 0 Å². The fraction of sp³-hybridized carbons (Fsp3) is 0.200. The smallest absolute Gasteiger partial charge is 0.261 e. The predicted molar refractivity (Wildman–Crippen MR) is 64.4 cm³/mol. The lowest BCUT2D eigenvalue weighted by Crippen LogP contribution is -2.23. The standard InChI is InChI=1S/C10H12BrNO2S/c1-8-3-5-10(6-4-8)15(13,14)12-9(2)7-11/h3-6,12H,2,7H2,1H3. The van der Waals surface area contributed by atoms with Gasteiger partial charge in [0.15, 0.2) is 0 Å². The monoisotopic (exact) mass is 289 g/mol. The average Bonchev–Trinajstić information content (AvgIpc) is 2.17. The summed E-state index contributed by atoms with van der Waals surface area (Å²) in [7, 11) is -3.47. The molecule has 0 atom stereocenters. The molecule has 0 spiro atoms. The van der Waals surface area contributed by atoms with Gasteiger partial charge in [0.2, 0.25) is 0 Å². The fourth-order valence-corrected chi connectivity index (χ4v) is 2.38. The van der Waals surface area contributed by atoms with E-state index < -0.39 is 10.0 Å². The molecule has 0 aliphatic carbocycles. The number of hydrogen-bond donors (Lipinski definition) is 1. The summed E-state index contributed by atoms with van der Waals surface area (Å²) < 4.78 is 25.8. The van der Waals surface area contributed by atoms with Crippen LogP contribution in [0.4, 0.5) is 0 Å². The van der Waals surface area contributed by atoms with Crippen LogP contribution in [0.5, 0.6) is 0 Å². The fourth-order valence-electron chi connectivity index (χ4n) is 0.994. The van der Waals surface area contributed by atoms with E-state index in [1.807, 2.05) is 6.92 Å². The average molecular weight is 290 g/mol.